The number of thioether (sulfide) groups is 1. The zero-order valence-electron chi connectivity index (χ0n) is 9.84. The molecular formula is C12H11ClFNO2S. The van der Waals surface area contributed by atoms with Gasteiger partial charge < -0.3 is 10.1 Å². The van der Waals surface area contributed by atoms with Gasteiger partial charge in [0.1, 0.15) is 10.7 Å². The van der Waals surface area contributed by atoms with Gasteiger partial charge in [0.25, 0.3) is 0 Å². The van der Waals surface area contributed by atoms with Gasteiger partial charge in [-0.15, -0.1) is 0 Å². The maximum Gasteiger partial charge on any atom is 0.346 e. The summed E-state index contributed by atoms with van der Waals surface area (Å²) in [5, 5.41) is 3.04. The summed E-state index contributed by atoms with van der Waals surface area (Å²) in [4.78, 5) is 12.6. The number of carbonyl (C=O) groups excluding carboxylic acids is 1. The number of hydrogen-bond donors (Lipinski definition) is 1. The number of halogens is 2. The van der Waals surface area contributed by atoms with Gasteiger partial charge in [0.15, 0.2) is 0 Å². The number of anilines is 1. The van der Waals surface area contributed by atoms with Crippen LogP contribution in [0.2, 0.25) is 5.02 Å². The van der Waals surface area contributed by atoms with E-state index in [0.717, 1.165) is 11.8 Å². The van der Waals surface area contributed by atoms with Gasteiger partial charge in [0.05, 0.1) is 22.2 Å². The fourth-order valence-corrected chi connectivity index (χ4v) is 2.81. The number of rotatable bonds is 2. The molecule has 1 aromatic rings. The molecule has 0 aromatic heterocycles. The molecule has 1 N–H and O–H groups in total. The summed E-state index contributed by atoms with van der Waals surface area (Å²) >= 11 is 7.02. The Hall–Kier alpha value is -1.20. The molecule has 0 amide bonds. The second-order valence-electron chi connectivity index (χ2n) is 3.64. The van der Waals surface area contributed by atoms with Crippen LogP contribution in [0.5, 0.6) is 0 Å². The van der Waals surface area contributed by atoms with Crippen molar-refractivity contribution in [3.63, 3.8) is 0 Å². The van der Waals surface area contributed by atoms with Crippen molar-refractivity contribution in [3.05, 3.63) is 33.6 Å². The van der Waals surface area contributed by atoms with Crippen molar-refractivity contribution >= 4 is 35.0 Å². The number of fused-ring (bicyclic) bond motifs is 1. The van der Waals surface area contributed by atoms with E-state index < -0.39 is 11.8 Å². The van der Waals surface area contributed by atoms with Gasteiger partial charge in [-0.25, -0.2) is 9.18 Å². The van der Waals surface area contributed by atoms with Crippen LogP contribution in [0.1, 0.15) is 13.8 Å². The number of carbonyl (C=O) groups is 1. The largest absolute Gasteiger partial charge is 0.462 e. The van der Waals surface area contributed by atoms with Crippen LogP contribution in [0.25, 0.3) is 0 Å². The van der Waals surface area contributed by atoms with E-state index in [0.29, 0.717) is 27.8 Å². The minimum Gasteiger partial charge on any atom is -0.462 e. The molecular weight excluding hydrogens is 277 g/mol. The van der Waals surface area contributed by atoms with Crippen molar-refractivity contribution in [1.29, 1.82) is 0 Å². The summed E-state index contributed by atoms with van der Waals surface area (Å²) in [6, 6.07) is 2.88. The van der Waals surface area contributed by atoms with E-state index in [-0.39, 0.29) is 5.02 Å². The molecule has 0 saturated heterocycles. The number of esters is 1. The lowest BCUT2D eigenvalue weighted by molar-refractivity contribution is -0.137. The molecule has 0 unspecified atom stereocenters. The smallest absolute Gasteiger partial charge is 0.346 e. The summed E-state index contributed by atoms with van der Waals surface area (Å²) in [6.07, 6.45) is 0. The molecule has 0 radical (unpaired) electrons. The second-order valence-corrected chi connectivity index (χ2v) is 5.04. The third kappa shape index (κ3) is 2.33. The molecule has 0 spiro atoms. The Morgan fingerprint density at radius 2 is 2.28 bits per heavy atom. The van der Waals surface area contributed by atoms with E-state index in [4.69, 9.17) is 16.3 Å². The number of ether oxygens (including phenoxy) is 1. The lowest BCUT2D eigenvalue weighted by Gasteiger charge is -2.22. The molecule has 1 aliphatic rings. The summed E-state index contributed by atoms with van der Waals surface area (Å²) in [7, 11) is 0. The standard InChI is InChI=1S/C12H11ClFNO2S/c1-3-17-12(16)10-6(2)15-8-5-4-7(14)9(13)11(8)18-10/h4-5,15H,3H2,1-2H3. The first-order valence-corrected chi connectivity index (χ1v) is 6.55. The van der Waals surface area contributed by atoms with Gasteiger partial charge in [0, 0.05) is 5.70 Å². The lowest BCUT2D eigenvalue weighted by atomic mass is 10.3. The molecule has 0 fully saturated rings. The highest BCUT2D eigenvalue weighted by atomic mass is 35.5. The summed E-state index contributed by atoms with van der Waals surface area (Å²) < 4.78 is 18.3. The summed E-state index contributed by atoms with van der Waals surface area (Å²) in [5.74, 6) is -0.939. The highest BCUT2D eigenvalue weighted by Gasteiger charge is 2.25. The highest BCUT2D eigenvalue weighted by Crippen LogP contribution is 2.44. The minimum absolute atomic E-state index is 0.0132. The lowest BCUT2D eigenvalue weighted by Crippen LogP contribution is -2.14. The van der Waals surface area contributed by atoms with Gasteiger partial charge in [-0.3, -0.25) is 0 Å². The molecule has 3 nitrogen and oxygen atoms in total. The third-order valence-corrected chi connectivity index (χ3v) is 4.16. The van der Waals surface area contributed by atoms with Crippen LogP contribution in [0, 0.1) is 5.82 Å². The van der Waals surface area contributed by atoms with E-state index in [2.05, 4.69) is 5.32 Å². The van der Waals surface area contributed by atoms with E-state index in [9.17, 15) is 9.18 Å². The van der Waals surface area contributed by atoms with E-state index in [1.807, 2.05) is 0 Å². The Balaban J connectivity index is 2.38. The first-order chi connectivity index (χ1) is 8.54. The van der Waals surface area contributed by atoms with Crippen molar-refractivity contribution in [1.82, 2.24) is 0 Å². The molecule has 1 aromatic carbocycles. The zero-order valence-corrected chi connectivity index (χ0v) is 11.4. The van der Waals surface area contributed by atoms with Gasteiger partial charge in [-0.1, -0.05) is 23.4 Å². The number of hydrogen-bond acceptors (Lipinski definition) is 4. The van der Waals surface area contributed by atoms with Gasteiger partial charge in [-0.2, -0.15) is 0 Å². The zero-order chi connectivity index (χ0) is 13.3. The number of benzene rings is 1. The molecule has 6 heteroatoms. The van der Waals surface area contributed by atoms with Crippen LogP contribution in [-0.4, -0.2) is 12.6 Å². The quantitative estimate of drug-likeness (QED) is 0.840. The fraction of sp³-hybridized carbons (Fsp3) is 0.250. The third-order valence-electron chi connectivity index (χ3n) is 2.38. The predicted octanol–water partition coefficient (Wildman–Crippen LogP) is 3.79. The maximum atomic E-state index is 13.4. The number of allylic oxidation sites excluding steroid dienone is 1. The van der Waals surface area contributed by atoms with Crippen molar-refractivity contribution < 1.29 is 13.9 Å². The monoisotopic (exact) mass is 287 g/mol. The topological polar surface area (TPSA) is 38.3 Å². The van der Waals surface area contributed by atoms with E-state index in [1.165, 1.54) is 6.07 Å². The molecule has 0 saturated carbocycles. The normalized spacial score (nSPS) is 14.0. The first-order valence-electron chi connectivity index (χ1n) is 5.35. The maximum absolute atomic E-state index is 13.4. The molecule has 0 aliphatic carbocycles. The van der Waals surface area contributed by atoms with Gasteiger partial charge in [-0.05, 0) is 26.0 Å². The van der Waals surface area contributed by atoms with Crippen LogP contribution in [0.15, 0.2) is 27.6 Å². The van der Waals surface area contributed by atoms with E-state index >= 15 is 0 Å². The Morgan fingerprint density at radius 1 is 1.56 bits per heavy atom. The molecule has 0 atom stereocenters. The molecule has 0 bridgehead atoms. The van der Waals surface area contributed by atoms with Gasteiger partial charge in [0.2, 0.25) is 0 Å². The average Bonchev–Trinajstić information content (AvgIpc) is 2.34. The molecule has 1 heterocycles. The van der Waals surface area contributed by atoms with E-state index in [1.54, 1.807) is 19.9 Å². The summed E-state index contributed by atoms with van der Waals surface area (Å²) in [6.45, 7) is 3.79. The Morgan fingerprint density at radius 3 is 2.94 bits per heavy atom. The van der Waals surface area contributed by atoms with Crippen molar-refractivity contribution in [3.8, 4) is 0 Å². The van der Waals surface area contributed by atoms with Crippen LogP contribution in [0.3, 0.4) is 0 Å². The Kier molecular flexibility index (Phi) is 3.82. The molecule has 96 valence electrons. The first kappa shape index (κ1) is 13.2. The molecule has 18 heavy (non-hydrogen) atoms. The van der Waals surface area contributed by atoms with Crippen LogP contribution in [0.4, 0.5) is 10.1 Å². The average molecular weight is 288 g/mol. The Bertz CT molecular complexity index is 545. The fourth-order valence-electron chi connectivity index (χ4n) is 1.56. The predicted molar refractivity (Wildman–Crippen MR) is 70.2 cm³/mol. The molecule has 1 aliphatic heterocycles. The van der Waals surface area contributed by atoms with Crippen molar-refractivity contribution in [2.24, 2.45) is 0 Å². The van der Waals surface area contributed by atoms with Crippen molar-refractivity contribution in [2.75, 3.05) is 11.9 Å². The SMILES string of the molecule is CCOC(=O)C1=C(C)Nc2ccc(F)c(Cl)c2S1. The van der Waals surface area contributed by atoms with Crippen LogP contribution < -0.4 is 5.32 Å². The second kappa shape index (κ2) is 5.20. The Labute approximate surface area is 113 Å². The highest BCUT2D eigenvalue weighted by molar-refractivity contribution is 8.04. The molecule has 2 rings (SSSR count). The van der Waals surface area contributed by atoms with Crippen molar-refractivity contribution in [2.45, 2.75) is 18.7 Å². The minimum atomic E-state index is -0.507. The van der Waals surface area contributed by atoms with Crippen LogP contribution in [-0.2, 0) is 9.53 Å². The number of nitrogens with one attached hydrogen (secondary N) is 1. The summed E-state index contributed by atoms with van der Waals surface area (Å²) in [5.41, 5.74) is 1.37. The van der Waals surface area contributed by atoms with Gasteiger partial charge >= 0.3 is 5.97 Å². The van der Waals surface area contributed by atoms with Crippen LogP contribution >= 0.6 is 23.4 Å².